The van der Waals surface area contributed by atoms with E-state index < -0.39 is 36.2 Å². The highest BCUT2D eigenvalue weighted by molar-refractivity contribution is 5.77. The Morgan fingerprint density at radius 3 is 1.97 bits per heavy atom. The van der Waals surface area contributed by atoms with Gasteiger partial charge in [0, 0.05) is 19.4 Å². The van der Waals surface area contributed by atoms with Gasteiger partial charge < -0.3 is 29.4 Å². The van der Waals surface area contributed by atoms with Gasteiger partial charge in [-0.15, -0.1) is 0 Å². The predicted molar refractivity (Wildman–Crippen MR) is 137 cm³/mol. The molecule has 0 radical (unpaired) electrons. The number of ether oxygens (including phenoxy) is 4. The monoisotopic (exact) mass is 523 g/mol. The Hall–Kier alpha value is -3.14. The fourth-order valence-electron chi connectivity index (χ4n) is 3.18. The number of carbonyl (C=O) groups excluding carboxylic acids is 3. The highest BCUT2D eigenvalue weighted by atomic mass is 16.7. The van der Waals surface area contributed by atoms with Gasteiger partial charge in [-0.3, -0.25) is 14.4 Å². The van der Waals surface area contributed by atoms with E-state index in [4.69, 9.17) is 18.9 Å². The second-order valence-electron chi connectivity index (χ2n) is 9.28. The molecule has 0 saturated heterocycles. The van der Waals surface area contributed by atoms with Crippen LogP contribution in [0.4, 0.5) is 4.79 Å². The standard InChI is InChI=1S/C27H41NO9/c1-7-17(4)12-24(29)36-22-11-10-20(15-23(22)37-25(30)13-18(5)8-2)14-21(26(31)32)28-16-19(6)35-27(33)34-9-3/h10-11,15,17-19,21,28H,7-9,12-14,16H2,1-6H3,(H,31,32)/t17?,18?,19?,21-/m0/s1. The van der Waals surface area contributed by atoms with Crippen molar-refractivity contribution in [3.63, 3.8) is 0 Å². The van der Waals surface area contributed by atoms with Gasteiger partial charge in [0.1, 0.15) is 12.1 Å². The lowest BCUT2D eigenvalue weighted by atomic mass is 10.0. The molecule has 1 aromatic carbocycles. The molecule has 0 heterocycles. The van der Waals surface area contributed by atoms with Gasteiger partial charge in [-0.25, -0.2) is 4.79 Å². The molecule has 2 N–H and O–H groups in total. The van der Waals surface area contributed by atoms with Crippen LogP contribution in [0.3, 0.4) is 0 Å². The minimum Gasteiger partial charge on any atom is -0.480 e. The van der Waals surface area contributed by atoms with E-state index in [0.717, 1.165) is 12.8 Å². The number of esters is 2. The van der Waals surface area contributed by atoms with E-state index in [1.807, 2.05) is 27.7 Å². The third-order valence-electron chi connectivity index (χ3n) is 5.83. The predicted octanol–water partition coefficient (Wildman–Crippen LogP) is 4.52. The van der Waals surface area contributed by atoms with E-state index in [1.54, 1.807) is 19.9 Å². The summed E-state index contributed by atoms with van der Waals surface area (Å²) in [6.45, 7) is 11.3. The Morgan fingerprint density at radius 2 is 1.46 bits per heavy atom. The first-order valence-corrected chi connectivity index (χ1v) is 12.8. The van der Waals surface area contributed by atoms with Crippen LogP contribution in [-0.2, 0) is 30.3 Å². The average Bonchev–Trinajstić information content (AvgIpc) is 2.82. The van der Waals surface area contributed by atoms with Crippen LogP contribution in [0.25, 0.3) is 0 Å². The van der Waals surface area contributed by atoms with Crippen molar-refractivity contribution in [2.75, 3.05) is 13.2 Å². The molecule has 0 aliphatic heterocycles. The minimum atomic E-state index is -1.11. The number of carboxylic acid groups (broad SMARTS) is 1. The first kappa shape index (κ1) is 31.9. The molecule has 0 amide bonds. The smallest absolute Gasteiger partial charge is 0.480 e. The quantitative estimate of drug-likeness (QED) is 0.235. The Bertz CT molecular complexity index is 902. The summed E-state index contributed by atoms with van der Waals surface area (Å²) in [5, 5.41) is 12.5. The molecule has 0 aliphatic carbocycles. The van der Waals surface area contributed by atoms with E-state index in [-0.39, 0.29) is 55.7 Å². The van der Waals surface area contributed by atoms with Gasteiger partial charge in [-0.05, 0) is 49.8 Å². The molecule has 0 aliphatic rings. The summed E-state index contributed by atoms with van der Waals surface area (Å²) in [7, 11) is 0. The first-order valence-electron chi connectivity index (χ1n) is 12.8. The number of nitrogens with one attached hydrogen (secondary N) is 1. The Labute approximate surface area is 219 Å². The normalized spacial score (nSPS) is 14.1. The molecule has 0 saturated carbocycles. The van der Waals surface area contributed by atoms with Crippen LogP contribution in [0.2, 0.25) is 0 Å². The number of benzene rings is 1. The summed E-state index contributed by atoms with van der Waals surface area (Å²) < 4.78 is 20.8. The lowest BCUT2D eigenvalue weighted by Gasteiger charge is -2.19. The van der Waals surface area contributed by atoms with Gasteiger partial charge in [0.15, 0.2) is 11.5 Å². The van der Waals surface area contributed by atoms with Gasteiger partial charge in [0.2, 0.25) is 0 Å². The molecule has 10 heteroatoms. The Morgan fingerprint density at radius 1 is 0.892 bits per heavy atom. The zero-order chi connectivity index (χ0) is 28.0. The highest BCUT2D eigenvalue weighted by Gasteiger charge is 2.22. The minimum absolute atomic E-state index is 0.0401. The number of aliphatic carboxylic acids is 1. The van der Waals surface area contributed by atoms with Gasteiger partial charge >= 0.3 is 24.1 Å². The van der Waals surface area contributed by atoms with Gasteiger partial charge in [0.25, 0.3) is 0 Å². The molecule has 0 aromatic heterocycles. The Balaban J connectivity index is 3.03. The number of carbonyl (C=O) groups is 4. The zero-order valence-corrected chi connectivity index (χ0v) is 22.7. The van der Waals surface area contributed by atoms with Crippen molar-refractivity contribution in [2.24, 2.45) is 11.8 Å². The number of hydrogen-bond acceptors (Lipinski definition) is 9. The van der Waals surface area contributed by atoms with E-state index >= 15 is 0 Å². The topological polar surface area (TPSA) is 137 Å². The van der Waals surface area contributed by atoms with Crippen molar-refractivity contribution >= 4 is 24.1 Å². The van der Waals surface area contributed by atoms with Crippen LogP contribution in [0, 0.1) is 11.8 Å². The molecule has 0 spiro atoms. The second kappa shape index (κ2) is 16.6. The van der Waals surface area contributed by atoms with Crippen molar-refractivity contribution in [1.82, 2.24) is 5.32 Å². The fraction of sp³-hybridized carbons (Fsp3) is 0.630. The fourth-order valence-corrected chi connectivity index (χ4v) is 3.18. The molecule has 1 rings (SSSR count). The summed E-state index contributed by atoms with van der Waals surface area (Å²) in [6.07, 6.45) is 0.622. The summed E-state index contributed by atoms with van der Waals surface area (Å²) in [4.78, 5) is 48.1. The number of hydrogen-bond donors (Lipinski definition) is 2. The highest BCUT2D eigenvalue weighted by Crippen LogP contribution is 2.30. The van der Waals surface area contributed by atoms with Crippen LogP contribution < -0.4 is 14.8 Å². The van der Waals surface area contributed by atoms with Crippen molar-refractivity contribution in [3.8, 4) is 11.5 Å². The molecule has 0 bridgehead atoms. The lowest BCUT2D eigenvalue weighted by Crippen LogP contribution is -2.42. The van der Waals surface area contributed by atoms with Crippen molar-refractivity contribution < 1.29 is 43.2 Å². The first-order chi connectivity index (χ1) is 17.5. The van der Waals surface area contributed by atoms with Gasteiger partial charge in [0.05, 0.1) is 6.61 Å². The van der Waals surface area contributed by atoms with Crippen molar-refractivity contribution in [1.29, 1.82) is 0 Å². The SMILES string of the molecule is CCOC(=O)OC(C)CN[C@@H](Cc1ccc(OC(=O)CC(C)CC)c(OC(=O)CC(C)CC)c1)C(=O)O. The molecule has 1 aromatic rings. The average molecular weight is 524 g/mol. The van der Waals surface area contributed by atoms with E-state index in [9.17, 15) is 24.3 Å². The molecule has 208 valence electrons. The molecule has 4 atom stereocenters. The maximum atomic E-state index is 12.5. The van der Waals surface area contributed by atoms with Crippen LogP contribution >= 0.6 is 0 Å². The van der Waals surface area contributed by atoms with E-state index in [1.165, 1.54) is 12.1 Å². The lowest BCUT2D eigenvalue weighted by molar-refractivity contribution is -0.139. The van der Waals surface area contributed by atoms with Crippen LogP contribution in [0.15, 0.2) is 18.2 Å². The molecule has 10 nitrogen and oxygen atoms in total. The van der Waals surface area contributed by atoms with E-state index in [2.05, 4.69) is 5.32 Å². The van der Waals surface area contributed by atoms with Crippen LogP contribution in [0.1, 0.15) is 72.8 Å². The zero-order valence-electron chi connectivity index (χ0n) is 22.7. The summed E-state index contributed by atoms with van der Waals surface area (Å²) >= 11 is 0. The summed E-state index contributed by atoms with van der Waals surface area (Å²) in [5.74, 6) is -1.60. The van der Waals surface area contributed by atoms with Crippen molar-refractivity contribution in [2.45, 2.75) is 85.8 Å². The number of rotatable bonds is 16. The van der Waals surface area contributed by atoms with Crippen LogP contribution in [0.5, 0.6) is 11.5 Å². The summed E-state index contributed by atoms with van der Waals surface area (Å²) in [5.41, 5.74) is 0.548. The largest absolute Gasteiger partial charge is 0.508 e. The maximum Gasteiger partial charge on any atom is 0.508 e. The number of carboxylic acids is 1. The van der Waals surface area contributed by atoms with Crippen molar-refractivity contribution in [3.05, 3.63) is 23.8 Å². The third-order valence-corrected chi connectivity index (χ3v) is 5.83. The molecule has 37 heavy (non-hydrogen) atoms. The van der Waals surface area contributed by atoms with Gasteiger partial charge in [-0.1, -0.05) is 46.6 Å². The third kappa shape index (κ3) is 12.6. The molecular weight excluding hydrogens is 482 g/mol. The Kier molecular flexibility index (Phi) is 14.3. The molecule has 0 fully saturated rings. The van der Waals surface area contributed by atoms with Gasteiger partial charge in [-0.2, -0.15) is 0 Å². The summed E-state index contributed by atoms with van der Waals surface area (Å²) in [6, 6.07) is 3.61. The molecular formula is C27H41NO9. The molecule has 3 unspecified atom stereocenters. The second-order valence-corrected chi connectivity index (χ2v) is 9.28. The van der Waals surface area contributed by atoms with Crippen LogP contribution in [-0.4, -0.2) is 54.5 Å². The maximum absolute atomic E-state index is 12.5. The van der Waals surface area contributed by atoms with E-state index in [0.29, 0.717) is 5.56 Å².